The number of aromatic nitrogens is 2. The summed E-state index contributed by atoms with van der Waals surface area (Å²) in [7, 11) is 0. The highest BCUT2D eigenvalue weighted by Gasteiger charge is 2.30. The number of amides is 1. The summed E-state index contributed by atoms with van der Waals surface area (Å²) in [5, 5.41) is 3.63. The Morgan fingerprint density at radius 1 is 0.923 bits per heavy atom. The standard InChI is InChI=1S/C31H25ClF3N3O/c1-20(21-6-3-2-4-7-21)36-29(39)17-15-27-30(22-10-13-26(32)14-11-22)37-28-16-12-24(19-38(27)28)23-8-5-9-25(18-23)31(33,34)35/h2-14,16,18-20H,15,17H2,1H3,(H,36,39)/t20-/m1/s1. The maximum Gasteiger partial charge on any atom is 0.416 e. The lowest BCUT2D eigenvalue weighted by atomic mass is 10.0. The summed E-state index contributed by atoms with van der Waals surface area (Å²) in [5.74, 6) is -0.114. The molecule has 0 bridgehead atoms. The molecule has 2 heterocycles. The minimum atomic E-state index is -4.44. The van der Waals surface area contributed by atoms with E-state index >= 15 is 0 Å². The van der Waals surface area contributed by atoms with Crippen LogP contribution in [0.15, 0.2) is 97.2 Å². The fraction of sp³-hybridized carbons (Fsp3) is 0.161. The number of hydrogen-bond acceptors (Lipinski definition) is 2. The molecule has 0 fully saturated rings. The summed E-state index contributed by atoms with van der Waals surface area (Å²) in [6, 6.07) is 25.6. The third-order valence-corrected chi connectivity index (χ3v) is 6.88. The van der Waals surface area contributed by atoms with Crippen molar-refractivity contribution < 1.29 is 18.0 Å². The number of rotatable bonds is 7. The summed E-state index contributed by atoms with van der Waals surface area (Å²) in [6.07, 6.45) is -2.08. The second kappa shape index (κ2) is 10.9. The minimum absolute atomic E-state index is 0.114. The van der Waals surface area contributed by atoms with Gasteiger partial charge in [0, 0.05) is 23.2 Å². The number of halogens is 4. The topological polar surface area (TPSA) is 46.4 Å². The molecular weight excluding hydrogens is 523 g/mol. The van der Waals surface area contributed by atoms with Crippen molar-refractivity contribution >= 4 is 23.2 Å². The maximum atomic E-state index is 13.3. The Hall–Kier alpha value is -4.10. The van der Waals surface area contributed by atoms with Gasteiger partial charge in [0.25, 0.3) is 0 Å². The van der Waals surface area contributed by atoms with E-state index in [2.05, 4.69) is 5.32 Å². The monoisotopic (exact) mass is 547 g/mol. The van der Waals surface area contributed by atoms with E-state index in [1.54, 1.807) is 36.5 Å². The van der Waals surface area contributed by atoms with Gasteiger partial charge in [-0.25, -0.2) is 4.98 Å². The zero-order chi connectivity index (χ0) is 27.6. The Morgan fingerprint density at radius 2 is 1.64 bits per heavy atom. The molecule has 1 N–H and O–H groups in total. The fourth-order valence-electron chi connectivity index (χ4n) is 4.59. The van der Waals surface area contributed by atoms with Crippen LogP contribution in [-0.4, -0.2) is 15.3 Å². The van der Waals surface area contributed by atoms with Crippen molar-refractivity contribution in [3.8, 4) is 22.4 Å². The zero-order valence-electron chi connectivity index (χ0n) is 21.0. The first-order valence-electron chi connectivity index (χ1n) is 12.5. The van der Waals surface area contributed by atoms with Crippen molar-refractivity contribution in [2.75, 3.05) is 0 Å². The first-order valence-corrected chi connectivity index (χ1v) is 12.9. The van der Waals surface area contributed by atoms with Gasteiger partial charge >= 0.3 is 6.18 Å². The average molecular weight is 548 g/mol. The molecule has 5 aromatic rings. The molecule has 0 radical (unpaired) electrons. The predicted octanol–water partition coefficient (Wildman–Crippen LogP) is 8.15. The number of alkyl halides is 3. The van der Waals surface area contributed by atoms with E-state index in [1.165, 1.54) is 6.07 Å². The molecule has 198 valence electrons. The quantitative estimate of drug-likeness (QED) is 0.223. The number of carbonyl (C=O) groups is 1. The summed E-state index contributed by atoms with van der Waals surface area (Å²) in [6.45, 7) is 1.93. The molecule has 39 heavy (non-hydrogen) atoms. The molecule has 3 aromatic carbocycles. The van der Waals surface area contributed by atoms with Crippen molar-refractivity contribution in [3.63, 3.8) is 0 Å². The lowest BCUT2D eigenvalue weighted by molar-refractivity contribution is -0.137. The number of fused-ring (bicyclic) bond motifs is 1. The second-order valence-corrected chi connectivity index (χ2v) is 9.77. The molecule has 1 amide bonds. The number of nitrogens with zero attached hydrogens (tertiary/aromatic N) is 2. The van der Waals surface area contributed by atoms with Gasteiger partial charge < -0.3 is 9.72 Å². The molecule has 0 spiro atoms. The van der Waals surface area contributed by atoms with Gasteiger partial charge in [0.05, 0.1) is 23.0 Å². The van der Waals surface area contributed by atoms with Crippen molar-refractivity contribution in [2.24, 2.45) is 0 Å². The van der Waals surface area contributed by atoms with Gasteiger partial charge in [-0.05, 0) is 66.4 Å². The molecule has 5 rings (SSSR count). The van der Waals surface area contributed by atoms with Crippen LogP contribution >= 0.6 is 11.6 Å². The third-order valence-electron chi connectivity index (χ3n) is 6.62. The second-order valence-electron chi connectivity index (χ2n) is 9.34. The number of carbonyl (C=O) groups excluding carboxylic acids is 1. The minimum Gasteiger partial charge on any atom is -0.350 e. The van der Waals surface area contributed by atoms with Gasteiger partial charge in [0.2, 0.25) is 5.91 Å². The Morgan fingerprint density at radius 3 is 2.36 bits per heavy atom. The van der Waals surface area contributed by atoms with Crippen LogP contribution in [-0.2, 0) is 17.4 Å². The van der Waals surface area contributed by atoms with Crippen LogP contribution in [0.3, 0.4) is 0 Å². The Bertz CT molecular complexity index is 1610. The molecule has 2 aromatic heterocycles. The zero-order valence-corrected chi connectivity index (χ0v) is 21.8. The van der Waals surface area contributed by atoms with Crippen molar-refractivity contribution in [3.05, 3.63) is 119 Å². The number of nitrogens with one attached hydrogen (secondary N) is 1. The van der Waals surface area contributed by atoms with E-state index in [4.69, 9.17) is 16.6 Å². The van der Waals surface area contributed by atoms with Crippen LogP contribution in [0.4, 0.5) is 13.2 Å². The molecule has 8 heteroatoms. The normalized spacial score (nSPS) is 12.4. The molecule has 0 saturated carbocycles. The molecule has 0 aliphatic rings. The Labute approximate surface area is 229 Å². The Balaban J connectivity index is 1.49. The molecule has 0 unspecified atom stereocenters. The summed E-state index contributed by atoms with van der Waals surface area (Å²) in [5.41, 5.74) is 4.28. The predicted molar refractivity (Wildman–Crippen MR) is 147 cm³/mol. The van der Waals surface area contributed by atoms with Gasteiger partial charge in [0.1, 0.15) is 5.65 Å². The molecule has 0 aliphatic heterocycles. The van der Waals surface area contributed by atoms with Crippen LogP contribution in [0, 0.1) is 0 Å². The van der Waals surface area contributed by atoms with Crippen molar-refractivity contribution in [1.82, 2.24) is 14.7 Å². The van der Waals surface area contributed by atoms with Crippen LogP contribution in [0.5, 0.6) is 0 Å². The van der Waals surface area contributed by atoms with Crippen molar-refractivity contribution in [2.45, 2.75) is 32.0 Å². The van der Waals surface area contributed by atoms with E-state index in [9.17, 15) is 18.0 Å². The lowest BCUT2D eigenvalue weighted by Gasteiger charge is -2.14. The first kappa shape index (κ1) is 26.5. The molecule has 4 nitrogen and oxygen atoms in total. The highest BCUT2D eigenvalue weighted by Crippen LogP contribution is 2.33. The fourth-order valence-corrected chi connectivity index (χ4v) is 4.71. The Kier molecular flexibility index (Phi) is 7.44. The summed E-state index contributed by atoms with van der Waals surface area (Å²) in [4.78, 5) is 17.7. The molecule has 0 saturated heterocycles. The highest BCUT2D eigenvalue weighted by atomic mass is 35.5. The smallest absolute Gasteiger partial charge is 0.350 e. The van der Waals surface area contributed by atoms with Gasteiger partial charge in [-0.3, -0.25) is 4.79 Å². The third kappa shape index (κ3) is 5.99. The maximum absolute atomic E-state index is 13.3. The molecular formula is C31H25ClF3N3O. The van der Waals surface area contributed by atoms with Gasteiger partial charge in [-0.15, -0.1) is 0 Å². The largest absolute Gasteiger partial charge is 0.416 e. The van der Waals surface area contributed by atoms with Crippen LogP contribution < -0.4 is 5.32 Å². The highest BCUT2D eigenvalue weighted by molar-refractivity contribution is 6.30. The van der Waals surface area contributed by atoms with Gasteiger partial charge in [0.15, 0.2) is 0 Å². The lowest BCUT2D eigenvalue weighted by Crippen LogP contribution is -2.26. The number of imidazole rings is 1. The van der Waals surface area contributed by atoms with E-state index in [1.807, 2.05) is 53.8 Å². The van der Waals surface area contributed by atoms with Crippen LogP contribution in [0.25, 0.3) is 28.0 Å². The van der Waals surface area contributed by atoms with Crippen molar-refractivity contribution in [1.29, 1.82) is 0 Å². The summed E-state index contributed by atoms with van der Waals surface area (Å²) < 4.78 is 41.9. The number of pyridine rings is 1. The average Bonchev–Trinajstić information content (AvgIpc) is 3.30. The van der Waals surface area contributed by atoms with E-state index in [0.29, 0.717) is 33.9 Å². The number of benzene rings is 3. The molecule has 1 atom stereocenters. The van der Waals surface area contributed by atoms with E-state index in [-0.39, 0.29) is 18.4 Å². The SMILES string of the molecule is C[C@@H](NC(=O)CCc1c(-c2ccc(Cl)cc2)nc2ccc(-c3cccc(C(F)(F)F)c3)cn12)c1ccccc1. The first-order chi connectivity index (χ1) is 18.7. The van der Waals surface area contributed by atoms with Crippen LogP contribution in [0.2, 0.25) is 5.02 Å². The number of aryl methyl sites for hydroxylation is 1. The van der Waals surface area contributed by atoms with Gasteiger partial charge in [-0.2, -0.15) is 13.2 Å². The van der Waals surface area contributed by atoms with Crippen LogP contribution in [0.1, 0.15) is 36.2 Å². The van der Waals surface area contributed by atoms with Gasteiger partial charge in [-0.1, -0.05) is 66.2 Å². The van der Waals surface area contributed by atoms with E-state index in [0.717, 1.165) is 29.0 Å². The van der Waals surface area contributed by atoms with E-state index < -0.39 is 11.7 Å². The summed E-state index contributed by atoms with van der Waals surface area (Å²) >= 11 is 6.09. The molecule has 0 aliphatic carbocycles. The number of hydrogen-bond donors (Lipinski definition) is 1.